The number of aromatic nitrogens is 4. The van der Waals surface area contributed by atoms with Crippen molar-refractivity contribution in [3.63, 3.8) is 0 Å². The van der Waals surface area contributed by atoms with Gasteiger partial charge in [-0.25, -0.2) is 0 Å². The molecule has 7 nitrogen and oxygen atoms in total. The number of rotatable bonds is 2. The molecule has 3 heterocycles. The van der Waals surface area contributed by atoms with Gasteiger partial charge >= 0.3 is 0 Å². The molecule has 2 aromatic heterocycles. The van der Waals surface area contributed by atoms with Crippen LogP contribution in [0.4, 0.5) is 0 Å². The summed E-state index contributed by atoms with van der Waals surface area (Å²) in [5.74, 6) is 0.978. The van der Waals surface area contributed by atoms with Gasteiger partial charge in [0.05, 0.1) is 12.1 Å². The fourth-order valence-corrected chi connectivity index (χ4v) is 1.92. The van der Waals surface area contributed by atoms with Crippen LogP contribution in [-0.4, -0.2) is 37.7 Å². The van der Waals surface area contributed by atoms with Crippen LogP contribution in [0.3, 0.4) is 0 Å². The van der Waals surface area contributed by atoms with E-state index in [0.29, 0.717) is 30.4 Å². The fourth-order valence-electron chi connectivity index (χ4n) is 1.92. The minimum atomic E-state index is -0.342. The lowest BCUT2D eigenvalue weighted by Gasteiger charge is -2.01. The van der Waals surface area contributed by atoms with Gasteiger partial charge in [0, 0.05) is 19.8 Å². The van der Waals surface area contributed by atoms with Crippen molar-refractivity contribution in [2.45, 2.75) is 18.6 Å². The number of aliphatic hydroxyl groups excluding tert-OH is 1. The van der Waals surface area contributed by atoms with E-state index in [1.807, 2.05) is 19.3 Å². The molecular formula is C10H13N5O2. The summed E-state index contributed by atoms with van der Waals surface area (Å²) in [5, 5.41) is 20.6. The summed E-state index contributed by atoms with van der Waals surface area (Å²) in [7, 11) is 1.83. The number of hydrogen-bond donors (Lipinski definition) is 2. The maximum Gasteiger partial charge on any atom is 0.244 e. The van der Waals surface area contributed by atoms with Crippen LogP contribution < -0.4 is 5.32 Å². The third-order valence-corrected chi connectivity index (χ3v) is 2.79. The summed E-state index contributed by atoms with van der Waals surface area (Å²) in [6.45, 7) is 0.561. The van der Waals surface area contributed by atoms with E-state index in [4.69, 9.17) is 4.52 Å². The normalized spacial score (nSPS) is 24.4. The molecule has 0 spiro atoms. The number of β-amino-alcohol motifs (C(OH)–C–C–N with tert-alkyl or cyclic N) is 1. The molecule has 0 amide bonds. The largest absolute Gasteiger partial charge is 0.392 e. The van der Waals surface area contributed by atoms with Gasteiger partial charge < -0.3 is 14.9 Å². The Bertz CT molecular complexity index is 520. The molecule has 0 aromatic carbocycles. The van der Waals surface area contributed by atoms with Gasteiger partial charge in [-0.3, -0.25) is 4.68 Å². The second-order valence-corrected chi connectivity index (χ2v) is 4.18. The van der Waals surface area contributed by atoms with Crippen molar-refractivity contribution in [1.29, 1.82) is 0 Å². The van der Waals surface area contributed by atoms with E-state index >= 15 is 0 Å². The molecule has 2 N–H and O–H groups in total. The third kappa shape index (κ3) is 1.94. The molecule has 0 saturated carbocycles. The molecule has 1 saturated heterocycles. The zero-order chi connectivity index (χ0) is 11.8. The highest BCUT2D eigenvalue weighted by Gasteiger charge is 2.28. The van der Waals surface area contributed by atoms with E-state index in [1.54, 1.807) is 4.68 Å². The highest BCUT2D eigenvalue weighted by molar-refractivity contribution is 5.46. The van der Waals surface area contributed by atoms with Gasteiger partial charge in [-0.15, -0.1) is 0 Å². The molecule has 0 radical (unpaired) electrons. The maximum absolute atomic E-state index is 9.42. The van der Waals surface area contributed by atoms with Crippen LogP contribution in [0.5, 0.6) is 0 Å². The Kier molecular flexibility index (Phi) is 2.41. The lowest BCUT2D eigenvalue weighted by molar-refractivity contribution is 0.191. The molecule has 0 aliphatic carbocycles. The predicted molar refractivity (Wildman–Crippen MR) is 57.9 cm³/mol. The zero-order valence-electron chi connectivity index (χ0n) is 9.37. The average Bonchev–Trinajstić information content (AvgIpc) is 2.96. The van der Waals surface area contributed by atoms with Crippen LogP contribution in [0.1, 0.15) is 18.4 Å². The van der Waals surface area contributed by atoms with Crippen molar-refractivity contribution in [3.8, 4) is 11.5 Å². The summed E-state index contributed by atoms with van der Waals surface area (Å²) in [6.07, 6.45) is 2.08. The number of aliphatic hydroxyl groups is 1. The molecule has 3 rings (SSSR count). The Hall–Kier alpha value is -1.73. The first-order valence-corrected chi connectivity index (χ1v) is 5.47. The highest BCUT2D eigenvalue weighted by Crippen LogP contribution is 2.23. The van der Waals surface area contributed by atoms with Crippen molar-refractivity contribution in [3.05, 3.63) is 18.2 Å². The molecule has 1 unspecified atom stereocenters. The second-order valence-electron chi connectivity index (χ2n) is 4.18. The quantitative estimate of drug-likeness (QED) is 0.753. The van der Waals surface area contributed by atoms with Gasteiger partial charge in [-0.1, -0.05) is 5.16 Å². The molecule has 7 heteroatoms. The first-order chi connectivity index (χ1) is 8.22. The molecule has 2 atom stereocenters. The first kappa shape index (κ1) is 10.4. The van der Waals surface area contributed by atoms with Crippen LogP contribution >= 0.6 is 0 Å². The van der Waals surface area contributed by atoms with E-state index in [1.165, 1.54) is 0 Å². The monoisotopic (exact) mass is 235 g/mol. The number of nitrogens with one attached hydrogen (secondary N) is 1. The first-order valence-electron chi connectivity index (χ1n) is 5.47. The Morgan fingerprint density at radius 2 is 2.47 bits per heavy atom. The molecule has 17 heavy (non-hydrogen) atoms. The molecule has 0 bridgehead atoms. The van der Waals surface area contributed by atoms with Gasteiger partial charge in [0.15, 0.2) is 0 Å². The lowest BCUT2D eigenvalue weighted by atomic mass is 10.2. The van der Waals surface area contributed by atoms with E-state index in [2.05, 4.69) is 20.6 Å². The zero-order valence-corrected chi connectivity index (χ0v) is 9.37. The topological polar surface area (TPSA) is 89.0 Å². The number of nitrogens with zero attached hydrogens (tertiary/aromatic N) is 4. The Labute approximate surface area is 97.4 Å². The van der Waals surface area contributed by atoms with Crippen LogP contribution in [0, 0.1) is 0 Å². The Morgan fingerprint density at radius 3 is 3.12 bits per heavy atom. The summed E-state index contributed by atoms with van der Waals surface area (Å²) in [5.41, 5.74) is 0.682. The smallest absolute Gasteiger partial charge is 0.244 e. The SMILES string of the molecule is Cn1ccc(-c2noc([C@@H]3CC(O)CN3)n2)n1. The van der Waals surface area contributed by atoms with Crippen LogP contribution in [0.25, 0.3) is 11.5 Å². The van der Waals surface area contributed by atoms with Gasteiger partial charge in [-0.2, -0.15) is 10.1 Å². The molecule has 1 fully saturated rings. The van der Waals surface area contributed by atoms with Crippen molar-refractivity contribution in [1.82, 2.24) is 25.2 Å². The molecule has 90 valence electrons. The molecule has 1 aliphatic heterocycles. The summed E-state index contributed by atoms with van der Waals surface area (Å²) in [4.78, 5) is 4.28. The average molecular weight is 235 g/mol. The lowest BCUT2D eigenvalue weighted by Crippen LogP contribution is -2.15. The van der Waals surface area contributed by atoms with Gasteiger partial charge in [0.2, 0.25) is 11.7 Å². The van der Waals surface area contributed by atoms with E-state index in [-0.39, 0.29) is 12.1 Å². The van der Waals surface area contributed by atoms with Crippen LogP contribution in [0.2, 0.25) is 0 Å². The van der Waals surface area contributed by atoms with E-state index < -0.39 is 0 Å². The van der Waals surface area contributed by atoms with Crippen molar-refractivity contribution in [2.24, 2.45) is 7.05 Å². The molecule has 1 aliphatic rings. The van der Waals surface area contributed by atoms with Crippen LogP contribution in [-0.2, 0) is 7.05 Å². The summed E-state index contributed by atoms with van der Waals surface area (Å²) in [6, 6.07) is 1.76. The van der Waals surface area contributed by atoms with Crippen molar-refractivity contribution < 1.29 is 9.63 Å². The van der Waals surface area contributed by atoms with Crippen molar-refractivity contribution >= 4 is 0 Å². The number of hydrogen-bond acceptors (Lipinski definition) is 6. The van der Waals surface area contributed by atoms with Crippen molar-refractivity contribution in [2.75, 3.05) is 6.54 Å². The van der Waals surface area contributed by atoms with Gasteiger partial charge in [0.1, 0.15) is 5.69 Å². The summed E-state index contributed by atoms with van der Waals surface area (Å²) < 4.78 is 6.86. The van der Waals surface area contributed by atoms with E-state index in [0.717, 1.165) is 0 Å². The summed E-state index contributed by atoms with van der Waals surface area (Å²) >= 11 is 0. The molecular weight excluding hydrogens is 222 g/mol. The number of aryl methyl sites for hydroxylation is 1. The maximum atomic E-state index is 9.42. The minimum absolute atomic E-state index is 0.0602. The standard InChI is InChI=1S/C10H13N5O2/c1-15-3-2-7(13-15)9-12-10(17-14-9)8-4-6(16)5-11-8/h2-3,6,8,11,16H,4-5H2,1H3/t6?,8-/m0/s1. The molecule has 2 aromatic rings. The van der Waals surface area contributed by atoms with Gasteiger partial charge in [-0.05, 0) is 12.5 Å². The third-order valence-electron chi connectivity index (χ3n) is 2.79. The fraction of sp³-hybridized carbons (Fsp3) is 0.500. The highest BCUT2D eigenvalue weighted by atomic mass is 16.5. The Balaban J connectivity index is 1.83. The minimum Gasteiger partial charge on any atom is -0.392 e. The van der Waals surface area contributed by atoms with E-state index in [9.17, 15) is 5.11 Å². The Morgan fingerprint density at radius 1 is 1.59 bits per heavy atom. The predicted octanol–water partition coefficient (Wildman–Crippen LogP) is -0.135. The second kappa shape index (κ2) is 3.94. The van der Waals surface area contributed by atoms with Crippen LogP contribution in [0.15, 0.2) is 16.8 Å². The van der Waals surface area contributed by atoms with Gasteiger partial charge in [0.25, 0.3) is 0 Å².